The number of aliphatic hydroxyl groups excluding tert-OH is 2. The normalized spacial score (nSPS) is 20.8. The number of carbonyl (C=O) groups is 2. The van der Waals surface area contributed by atoms with Crippen molar-refractivity contribution in [2.75, 3.05) is 13.1 Å². The molecule has 3 unspecified atom stereocenters. The van der Waals surface area contributed by atoms with Crippen LogP contribution in [0.15, 0.2) is 10.9 Å². The molecule has 1 aliphatic rings. The van der Waals surface area contributed by atoms with Crippen LogP contribution < -0.4 is 5.32 Å². The number of rotatable bonds is 4. The van der Waals surface area contributed by atoms with Gasteiger partial charge in [-0.25, -0.2) is 9.59 Å². The van der Waals surface area contributed by atoms with Crippen molar-refractivity contribution in [3.8, 4) is 0 Å². The third kappa shape index (κ3) is 5.45. The van der Waals surface area contributed by atoms with Crippen LogP contribution in [0.4, 0.5) is 0 Å². The predicted molar refractivity (Wildman–Crippen MR) is 66.4 cm³/mol. The molecule has 1 aliphatic heterocycles. The summed E-state index contributed by atoms with van der Waals surface area (Å²) in [6.07, 6.45) is -0.759. The van der Waals surface area contributed by atoms with Crippen LogP contribution >= 0.6 is 0 Å². The van der Waals surface area contributed by atoms with Gasteiger partial charge in [0.1, 0.15) is 0 Å². The first-order chi connectivity index (χ1) is 9.93. The Labute approximate surface area is 119 Å². The van der Waals surface area contributed by atoms with Gasteiger partial charge in [-0.2, -0.15) is 4.98 Å². The van der Waals surface area contributed by atoms with Gasteiger partial charge in [0.05, 0.1) is 0 Å². The van der Waals surface area contributed by atoms with E-state index in [0.29, 0.717) is 5.92 Å². The average Bonchev–Trinajstić information content (AvgIpc) is 3.01. The lowest BCUT2D eigenvalue weighted by molar-refractivity contribution is -0.165. The predicted octanol–water partition coefficient (Wildman–Crippen LogP) is -1.59. The lowest BCUT2D eigenvalue weighted by Gasteiger charge is -2.19. The zero-order chi connectivity index (χ0) is 15.8. The Morgan fingerprint density at radius 2 is 1.90 bits per heavy atom. The first-order valence-corrected chi connectivity index (χ1v) is 6.22. The van der Waals surface area contributed by atoms with Gasteiger partial charge in [-0.3, -0.25) is 0 Å². The number of nitrogens with zero attached hydrogens (tertiary/aromatic N) is 2. The number of nitrogens with one attached hydrogen (secondary N) is 1. The van der Waals surface area contributed by atoms with E-state index in [2.05, 4.69) is 20.0 Å². The molecule has 1 aromatic heterocycles. The quantitative estimate of drug-likeness (QED) is 0.437. The van der Waals surface area contributed by atoms with Crippen LogP contribution in [0.1, 0.15) is 24.6 Å². The summed E-state index contributed by atoms with van der Waals surface area (Å²) in [6.45, 7) is 2.11. The van der Waals surface area contributed by atoms with Crippen LogP contribution in [0.3, 0.4) is 0 Å². The van der Waals surface area contributed by atoms with E-state index in [-0.39, 0.29) is 0 Å². The van der Waals surface area contributed by atoms with Crippen molar-refractivity contribution in [3.63, 3.8) is 0 Å². The van der Waals surface area contributed by atoms with Crippen molar-refractivity contribution in [3.05, 3.63) is 12.2 Å². The maximum atomic E-state index is 9.77. The number of aromatic nitrogens is 2. The summed E-state index contributed by atoms with van der Waals surface area (Å²) in [5, 5.41) is 39.6. The molecule has 10 heteroatoms. The van der Waals surface area contributed by atoms with Crippen molar-refractivity contribution in [1.82, 2.24) is 15.5 Å². The van der Waals surface area contributed by atoms with Gasteiger partial charge in [0.25, 0.3) is 0 Å². The Balaban J connectivity index is 0.000000212. The van der Waals surface area contributed by atoms with Gasteiger partial charge in [0, 0.05) is 12.5 Å². The SMILES string of the molecule is O=C(O)C(O)C(O)C(=O)O.c1nc(C2CCCNC2)no1. The second kappa shape index (κ2) is 8.29. The van der Waals surface area contributed by atoms with Crippen LogP contribution in [0.5, 0.6) is 0 Å². The maximum absolute atomic E-state index is 9.77. The minimum Gasteiger partial charge on any atom is -0.479 e. The van der Waals surface area contributed by atoms with Gasteiger partial charge in [-0.05, 0) is 19.4 Å². The second-order valence-electron chi connectivity index (χ2n) is 4.40. The number of hydrogen-bond donors (Lipinski definition) is 5. The molecular weight excluding hydrogens is 286 g/mol. The highest BCUT2D eigenvalue weighted by Gasteiger charge is 2.29. The molecule has 118 valence electrons. The molecular formula is C11H17N3O7. The fourth-order valence-electron chi connectivity index (χ4n) is 1.70. The molecule has 1 saturated heterocycles. The van der Waals surface area contributed by atoms with E-state index >= 15 is 0 Å². The molecule has 0 aromatic carbocycles. The topological polar surface area (TPSA) is 166 Å². The summed E-state index contributed by atoms with van der Waals surface area (Å²) >= 11 is 0. The van der Waals surface area contributed by atoms with Gasteiger partial charge in [-0.15, -0.1) is 0 Å². The molecule has 21 heavy (non-hydrogen) atoms. The smallest absolute Gasteiger partial charge is 0.335 e. The highest BCUT2D eigenvalue weighted by molar-refractivity contribution is 5.83. The fourth-order valence-corrected chi connectivity index (χ4v) is 1.70. The molecule has 3 atom stereocenters. The number of hydrogen-bond acceptors (Lipinski definition) is 8. The Morgan fingerprint density at radius 3 is 2.29 bits per heavy atom. The monoisotopic (exact) mass is 303 g/mol. The highest BCUT2D eigenvalue weighted by Crippen LogP contribution is 2.18. The standard InChI is InChI=1S/C7H11N3O.C4H6O6/c1-2-6(4-8-3-1)7-9-5-11-10-7;5-1(3(7)8)2(6)4(9)10/h5-6,8H,1-4H2;1-2,5-6H,(H,7,8)(H,9,10). The molecule has 5 N–H and O–H groups in total. The molecule has 0 radical (unpaired) electrons. The van der Waals surface area contributed by atoms with Gasteiger partial charge in [-0.1, -0.05) is 5.16 Å². The van der Waals surface area contributed by atoms with Crippen molar-refractivity contribution >= 4 is 11.9 Å². The molecule has 0 spiro atoms. The Kier molecular flexibility index (Phi) is 6.72. The highest BCUT2D eigenvalue weighted by atomic mass is 16.5. The van der Waals surface area contributed by atoms with Crippen LogP contribution in [0.2, 0.25) is 0 Å². The number of carboxylic acids is 2. The van der Waals surface area contributed by atoms with Gasteiger partial charge < -0.3 is 30.3 Å². The summed E-state index contributed by atoms with van der Waals surface area (Å²) in [5.41, 5.74) is 0. The molecule has 2 rings (SSSR count). The lowest BCUT2D eigenvalue weighted by atomic mass is 9.99. The van der Waals surface area contributed by atoms with E-state index in [9.17, 15) is 9.59 Å². The molecule has 2 heterocycles. The Bertz CT molecular complexity index is 427. The molecule has 0 bridgehead atoms. The number of aliphatic hydroxyl groups is 2. The van der Waals surface area contributed by atoms with Crippen LogP contribution in [0, 0.1) is 0 Å². The van der Waals surface area contributed by atoms with Gasteiger partial charge >= 0.3 is 11.9 Å². The lowest BCUT2D eigenvalue weighted by Crippen LogP contribution is -2.39. The van der Waals surface area contributed by atoms with E-state index in [1.807, 2.05) is 0 Å². The van der Waals surface area contributed by atoms with Crippen LogP contribution in [-0.2, 0) is 9.59 Å². The van der Waals surface area contributed by atoms with Gasteiger partial charge in [0.15, 0.2) is 18.0 Å². The van der Waals surface area contributed by atoms with Crippen molar-refractivity contribution in [1.29, 1.82) is 0 Å². The molecule has 0 aliphatic carbocycles. The summed E-state index contributed by atoms with van der Waals surface area (Å²) in [5.74, 6) is -2.23. The van der Waals surface area contributed by atoms with E-state index in [1.54, 1.807) is 0 Å². The first kappa shape index (κ1) is 17.0. The molecule has 1 aromatic rings. The van der Waals surface area contributed by atoms with Crippen molar-refractivity contribution < 1.29 is 34.5 Å². The zero-order valence-electron chi connectivity index (χ0n) is 11.0. The molecule has 10 nitrogen and oxygen atoms in total. The minimum absolute atomic E-state index is 0.461. The zero-order valence-corrected chi connectivity index (χ0v) is 11.0. The molecule has 0 saturated carbocycles. The third-order valence-corrected chi connectivity index (χ3v) is 2.85. The van der Waals surface area contributed by atoms with E-state index in [0.717, 1.165) is 18.9 Å². The summed E-state index contributed by atoms with van der Waals surface area (Å²) < 4.78 is 4.68. The minimum atomic E-state index is -2.27. The maximum Gasteiger partial charge on any atom is 0.335 e. The summed E-state index contributed by atoms with van der Waals surface area (Å²) in [7, 11) is 0. The van der Waals surface area contributed by atoms with Crippen LogP contribution in [-0.4, -0.2) is 67.8 Å². The number of carboxylic acid groups (broad SMARTS) is 2. The number of piperidine rings is 1. The van der Waals surface area contributed by atoms with Crippen LogP contribution in [0.25, 0.3) is 0 Å². The first-order valence-electron chi connectivity index (χ1n) is 6.22. The van der Waals surface area contributed by atoms with Crippen molar-refractivity contribution in [2.24, 2.45) is 0 Å². The average molecular weight is 303 g/mol. The van der Waals surface area contributed by atoms with E-state index in [1.165, 1.54) is 19.2 Å². The largest absolute Gasteiger partial charge is 0.479 e. The van der Waals surface area contributed by atoms with Gasteiger partial charge in [0.2, 0.25) is 6.39 Å². The third-order valence-electron chi connectivity index (χ3n) is 2.85. The Hall–Kier alpha value is -2.04. The van der Waals surface area contributed by atoms with Crippen molar-refractivity contribution in [2.45, 2.75) is 31.0 Å². The fraction of sp³-hybridized carbons (Fsp3) is 0.636. The Morgan fingerprint density at radius 1 is 1.29 bits per heavy atom. The summed E-state index contributed by atoms with van der Waals surface area (Å²) in [6, 6.07) is 0. The second-order valence-corrected chi connectivity index (χ2v) is 4.40. The summed E-state index contributed by atoms with van der Waals surface area (Å²) in [4.78, 5) is 23.6. The molecule has 0 amide bonds. The van der Waals surface area contributed by atoms with E-state index < -0.39 is 24.1 Å². The van der Waals surface area contributed by atoms with E-state index in [4.69, 9.17) is 20.4 Å². The number of aliphatic carboxylic acids is 2. The molecule has 1 fully saturated rings.